The lowest BCUT2D eigenvalue weighted by Crippen LogP contribution is -1.78. The van der Waals surface area contributed by atoms with Crippen LogP contribution in [0.4, 0.5) is 0 Å². The summed E-state index contributed by atoms with van der Waals surface area (Å²) < 4.78 is 6.53. The molecule has 0 saturated heterocycles. The van der Waals surface area contributed by atoms with Crippen LogP contribution in [0.1, 0.15) is 0 Å². The Bertz CT molecular complexity index is 355. The van der Waals surface area contributed by atoms with Gasteiger partial charge in [-0.3, -0.25) is 0 Å². The smallest absolute Gasteiger partial charge is 0.226 e. The van der Waals surface area contributed by atoms with Crippen molar-refractivity contribution in [2.75, 3.05) is 0 Å². The third-order valence-electron chi connectivity index (χ3n) is 1.45. The summed E-state index contributed by atoms with van der Waals surface area (Å²) in [4.78, 5) is 4.08. The standard InChI is InChI=1S/C7H6ClN3O/c1-11-3-6(9-4-11)5-2-7(8)12-10-5/h2-4H,1H3. The van der Waals surface area contributed by atoms with Crippen LogP contribution in [0.5, 0.6) is 0 Å². The Morgan fingerprint density at radius 1 is 1.50 bits per heavy atom. The van der Waals surface area contributed by atoms with Gasteiger partial charge in [-0.1, -0.05) is 5.16 Å². The molecule has 2 heterocycles. The number of aromatic nitrogens is 3. The lowest BCUT2D eigenvalue weighted by Gasteiger charge is -1.83. The lowest BCUT2D eigenvalue weighted by molar-refractivity contribution is 0.424. The van der Waals surface area contributed by atoms with Gasteiger partial charge in [0.05, 0.1) is 6.33 Å². The van der Waals surface area contributed by atoms with Crippen molar-refractivity contribution in [3.05, 3.63) is 23.8 Å². The largest absolute Gasteiger partial charge is 0.344 e. The van der Waals surface area contributed by atoms with Crippen LogP contribution in [-0.2, 0) is 7.05 Å². The molecule has 2 aromatic rings. The Morgan fingerprint density at radius 2 is 2.33 bits per heavy atom. The van der Waals surface area contributed by atoms with Crippen LogP contribution in [0.3, 0.4) is 0 Å². The average Bonchev–Trinajstić information content (AvgIpc) is 2.58. The van der Waals surface area contributed by atoms with Gasteiger partial charge in [0.15, 0.2) is 0 Å². The fourth-order valence-corrected chi connectivity index (χ4v) is 1.06. The minimum absolute atomic E-state index is 0.274. The molecule has 0 bridgehead atoms. The summed E-state index contributed by atoms with van der Waals surface area (Å²) in [7, 11) is 1.89. The van der Waals surface area contributed by atoms with Crippen LogP contribution in [0.25, 0.3) is 11.4 Å². The van der Waals surface area contributed by atoms with Crippen molar-refractivity contribution < 1.29 is 4.52 Å². The molecule has 12 heavy (non-hydrogen) atoms. The Balaban J connectivity index is 2.43. The average molecular weight is 184 g/mol. The Morgan fingerprint density at radius 3 is 2.83 bits per heavy atom. The molecule has 0 aromatic carbocycles. The molecule has 0 fully saturated rings. The van der Waals surface area contributed by atoms with Gasteiger partial charge in [0.25, 0.3) is 0 Å². The van der Waals surface area contributed by atoms with Gasteiger partial charge in [0, 0.05) is 19.3 Å². The number of hydrogen-bond donors (Lipinski definition) is 0. The normalized spacial score (nSPS) is 10.5. The van der Waals surface area contributed by atoms with Crippen molar-refractivity contribution in [3.8, 4) is 11.4 Å². The van der Waals surface area contributed by atoms with E-state index in [2.05, 4.69) is 10.1 Å². The topological polar surface area (TPSA) is 43.9 Å². The summed E-state index contributed by atoms with van der Waals surface area (Å²) in [5.74, 6) is 0. The molecule has 2 aromatic heterocycles. The van der Waals surface area contributed by atoms with Gasteiger partial charge in [-0.2, -0.15) is 0 Å². The fraction of sp³-hybridized carbons (Fsp3) is 0.143. The summed E-state index contributed by atoms with van der Waals surface area (Å²) in [6, 6.07) is 1.63. The molecule has 0 aliphatic heterocycles. The molecular weight excluding hydrogens is 178 g/mol. The highest BCUT2D eigenvalue weighted by molar-refractivity contribution is 6.29. The maximum Gasteiger partial charge on any atom is 0.226 e. The Hall–Kier alpha value is -1.29. The van der Waals surface area contributed by atoms with Crippen LogP contribution in [0.15, 0.2) is 23.1 Å². The van der Waals surface area contributed by atoms with Crippen molar-refractivity contribution in [3.63, 3.8) is 0 Å². The van der Waals surface area contributed by atoms with Crippen LogP contribution < -0.4 is 0 Å². The van der Waals surface area contributed by atoms with Gasteiger partial charge < -0.3 is 9.09 Å². The zero-order valence-corrected chi connectivity index (χ0v) is 7.12. The van der Waals surface area contributed by atoms with Crippen molar-refractivity contribution >= 4 is 11.6 Å². The van der Waals surface area contributed by atoms with Gasteiger partial charge in [0.2, 0.25) is 5.22 Å². The van der Waals surface area contributed by atoms with E-state index in [1.54, 1.807) is 12.4 Å². The second kappa shape index (κ2) is 2.64. The zero-order chi connectivity index (χ0) is 8.55. The van der Waals surface area contributed by atoms with E-state index in [4.69, 9.17) is 16.1 Å². The quantitative estimate of drug-likeness (QED) is 0.676. The monoisotopic (exact) mass is 183 g/mol. The molecule has 4 nitrogen and oxygen atoms in total. The van der Waals surface area contributed by atoms with E-state index < -0.39 is 0 Å². The number of nitrogens with zero attached hydrogens (tertiary/aromatic N) is 3. The number of aryl methyl sites for hydroxylation is 1. The second-order valence-corrected chi connectivity index (χ2v) is 2.81. The Labute approximate surface area is 73.8 Å². The first kappa shape index (κ1) is 7.36. The lowest BCUT2D eigenvalue weighted by atomic mass is 10.3. The van der Waals surface area contributed by atoms with Crippen molar-refractivity contribution in [2.45, 2.75) is 0 Å². The highest BCUT2D eigenvalue weighted by atomic mass is 35.5. The summed E-state index contributed by atoms with van der Waals surface area (Å²) in [6.07, 6.45) is 3.53. The molecule has 2 rings (SSSR count). The third kappa shape index (κ3) is 1.21. The summed E-state index contributed by atoms with van der Waals surface area (Å²) in [6.45, 7) is 0. The molecule has 0 N–H and O–H groups in total. The predicted molar refractivity (Wildman–Crippen MR) is 43.7 cm³/mol. The molecule has 0 spiro atoms. The van der Waals surface area contributed by atoms with Crippen molar-refractivity contribution in [2.24, 2.45) is 7.05 Å². The van der Waals surface area contributed by atoms with E-state index in [0.29, 0.717) is 5.69 Å². The summed E-state index contributed by atoms with van der Waals surface area (Å²) in [5, 5.41) is 3.99. The van der Waals surface area contributed by atoms with Crippen molar-refractivity contribution in [1.29, 1.82) is 0 Å². The van der Waals surface area contributed by atoms with Gasteiger partial charge >= 0.3 is 0 Å². The molecule has 62 valence electrons. The highest BCUT2D eigenvalue weighted by Gasteiger charge is 2.06. The van der Waals surface area contributed by atoms with Gasteiger partial charge in [-0.05, 0) is 11.6 Å². The van der Waals surface area contributed by atoms with Gasteiger partial charge in [0.1, 0.15) is 11.4 Å². The predicted octanol–water partition coefficient (Wildman–Crippen LogP) is 1.73. The molecule has 0 unspecified atom stereocenters. The molecule has 0 atom stereocenters. The van der Waals surface area contributed by atoms with E-state index in [9.17, 15) is 0 Å². The van der Waals surface area contributed by atoms with E-state index >= 15 is 0 Å². The van der Waals surface area contributed by atoms with E-state index in [-0.39, 0.29) is 5.22 Å². The molecule has 5 heteroatoms. The molecule has 0 aliphatic rings. The third-order valence-corrected chi connectivity index (χ3v) is 1.63. The molecule has 0 radical (unpaired) electrons. The molecule has 0 aliphatic carbocycles. The number of halogens is 1. The van der Waals surface area contributed by atoms with Crippen LogP contribution in [-0.4, -0.2) is 14.7 Å². The second-order valence-electron chi connectivity index (χ2n) is 2.44. The van der Waals surface area contributed by atoms with E-state index in [1.165, 1.54) is 0 Å². The highest BCUT2D eigenvalue weighted by Crippen LogP contribution is 2.18. The first-order chi connectivity index (χ1) is 5.75. The zero-order valence-electron chi connectivity index (χ0n) is 6.36. The van der Waals surface area contributed by atoms with Gasteiger partial charge in [-0.25, -0.2) is 4.98 Å². The first-order valence-electron chi connectivity index (χ1n) is 3.36. The number of rotatable bonds is 1. The van der Waals surface area contributed by atoms with Crippen LogP contribution in [0.2, 0.25) is 5.22 Å². The summed E-state index contributed by atoms with van der Waals surface area (Å²) >= 11 is 5.55. The minimum atomic E-state index is 0.274. The SMILES string of the molecule is Cn1cnc(-c2cc(Cl)on2)c1. The molecule has 0 amide bonds. The van der Waals surface area contributed by atoms with Crippen LogP contribution >= 0.6 is 11.6 Å². The molecular formula is C7H6ClN3O. The van der Waals surface area contributed by atoms with Crippen LogP contribution in [0, 0.1) is 0 Å². The van der Waals surface area contributed by atoms with Gasteiger partial charge in [-0.15, -0.1) is 0 Å². The van der Waals surface area contributed by atoms with Crippen molar-refractivity contribution in [1.82, 2.24) is 14.7 Å². The minimum Gasteiger partial charge on any atom is -0.344 e. The molecule has 0 saturated carbocycles. The fourth-order valence-electron chi connectivity index (χ4n) is 0.919. The maximum atomic E-state index is 5.55. The Kier molecular flexibility index (Phi) is 1.62. The maximum absolute atomic E-state index is 5.55. The van der Waals surface area contributed by atoms with E-state index in [1.807, 2.05) is 17.8 Å². The van der Waals surface area contributed by atoms with E-state index in [0.717, 1.165) is 5.69 Å². The summed E-state index contributed by atoms with van der Waals surface area (Å²) in [5.41, 5.74) is 1.41. The first-order valence-corrected chi connectivity index (χ1v) is 3.74. The number of hydrogen-bond acceptors (Lipinski definition) is 3. The number of imidazole rings is 1.